The molecular formula is C18H42InO9P3. The van der Waals surface area contributed by atoms with Crippen molar-refractivity contribution in [1.82, 2.24) is 0 Å². The van der Waals surface area contributed by atoms with Gasteiger partial charge in [-0.15, -0.1) is 0 Å². The molecule has 0 aliphatic rings. The van der Waals surface area contributed by atoms with Gasteiger partial charge in [0.2, 0.25) is 0 Å². The predicted molar refractivity (Wildman–Crippen MR) is 124 cm³/mol. The molecule has 0 aromatic heterocycles. The van der Waals surface area contributed by atoms with Gasteiger partial charge in [-0.25, -0.2) is 0 Å². The van der Waals surface area contributed by atoms with Crippen LogP contribution in [0.1, 0.15) is 80.1 Å². The van der Waals surface area contributed by atoms with Crippen LogP contribution in [-0.4, -0.2) is 65.5 Å². The van der Waals surface area contributed by atoms with Crippen molar-refractivity contribution in [2.45, 2.75) is 80.1 Å². The first-order valence-corrected chi connectivity index (χ1v) is 13.9. The first-order chi connectivity index (χ1) is 14.4. The largest absolute Gasteiger partial charge is 3.00 e. The van der Waals surface area contributed by atoms with Crippen molar-refractivity contribution < 1.29 is 41.8 Å². The third-order valence-corrected chi connectivity index (χ3v) is 4.77. The third-order valence-electron chi connectivity index (χ3n) is 2.40. The predicted octanol–water partition coefficient (Wildman–Crippen LogP) is 3.90. The molecule has 0 amide bonds. The molecule has 0 aromatic carbocycles. The minimum Gasteiger partial charge on any atom is -0.786 e. The molecule has 0 bridgehead atoms. The molecule has 0 atom stereocenters. The van der Waals surface area contributed by atoms with Gasteiger partial charge in [-0.05, 0) is 38.5 Å². The second-order valence-corrected chi connectivity index (χ2v) is 8.56. The van der Waals surface area contributed by atoms with Crippen molar-refractivity contribution in [3.63, 3.8) is 0 Å². The zero-order valence-electron chi connectivity index (χ0n) is 20.1. The summed E-state index contributed by atoms with van der Waals surface area (Å²) >= 11 is 0. The summed E-state index contributed by atoms with van der Waals surface area (Å²) in [6.45, 7) is 14.8. The Morgan fingerprint density at radius 2 is 0.516 bits per heavy atom. The summed E-state index contributed by atoms with van der Waals surface area (Å²) in [5.74, 6) is 0. The molecule has 0 saturated heterocycles. The summed E-state index contributed by atoms with van der Waals surface area (Å²) in [7, 11) is -5.53. The van der Waals surface area contributed by atoms with E-state index in [0.29, 0.717) is 39.6 Å². The molecule has 0 saturated carbocycles. The van der Waals surface area contributed by atoms with E-state index in [9.17, 15) is 14.7 Å². The minimum atomic E-state index is -1.84. The van der Waals surface area contributed by atoms with Gasteiger partial charge >= 0.3 is 25.8 Å². The molecule has 9 nitrogen and oxygen atoms in total. The van der Waals surface area contributed by atoms with Crippen LogP contribution in [0.4, 0.5) is 0 Å². The fourth-order valence-corrected chi connectivity index (χ4v) is 3.32. The second kappa shape index (κ2) is 36.4. The standard InChI is InChI=1S/3C6H14O3P.In/c3*1-3-5-8-10(7)9-6-4-2;/h3*3-6H2,1-2H3;/q3*-1;+3. The molecule has 31 heavy (non-hydrogen) atoms. The number of hydrogen-bond donors (Lipinski definition) is 0. The number of hydrogen-bond acceptors (Lipinski definition) is 9. The van der Waals surface area contributed by atoms with E-state index in [1.165, 1.54) is 0 Å². The average Bonchev–Trinajstić information content (AvgIpc) is 2.76. The molecule has 0 aromatic rings. The normalized spacial score (nSPS) is 10.5. The van der Waals surface area contributed by atoms with Gasteiger partial charge in [0.05, 0.1) is 65.4 Å². The van der Waals surface area contributed by atoms with E-state index in [-0.39, 0.29) is 25.8 Å². The molecule has 0 heterocycles. The van der Waals surface area contributed by atoms with E-state index in [2.05, 4.69) is 0 Å². The molecule has 0 spiro atoms. The summed E-state index contributed by atoms with van der Waals surface area (Å²) < 4.78 is 28.7. The summed E-state index contributed by atoms with van der Waals surface area (Å²) in [6, 6.07) is 0. The third kappa shape index (κ3) is 42.4. The molecule has 0 aliphatic heterocycles. The molecule has 0 N–H and O–H groups in total. The quantitative estimate of drug-likeness (QED) is 0.213. The van der Waals surface area contributed by atoms with E-state index in [0.717, 1.165) is 38.5 Å². The second-order valence-electron chi connectivity index (χ2n) is 5.67. The van der Waals surface area contributed by atoms with Gasteiger partial charge in [0.25, 0.3) is 0 Å². The van der Waals surface area contributed by atoms with Crippen LogP contribution < -0.4 is 14.7 Å². The van der Waals surface area contributed by atoms with Crippen molar-refractivity contribution in [3.8, 4) is 0 Å². The molecular weight excluding hydrogens is 568 g/mol. The summed E-state index contributed by atoms with van der Waals surface area (Å²) in [5, 5.41) is 0. The minimum absolute atomic E-state index is 0. The Morgan fingerprint density at radius 3 is 0.613 bits per heavy atom. The van der Waals surface area contributed by atoms with Gasteiger partial charge < -0.3 is 41.8 Å². The SMILES string of the molecule is CCCOP([O-])OCCC.CCCOP([O-])OCCC.CCCOP([O-])OCCC.[In+3]. The van der Waals surface area contributed by atoms with Gasteiger partial charge in [-0.2, -0.15) is 0 Å². The smallest absolute Gasteiger partial charge is 0.786 e. The Kier molecular flexibility index (Phi) is 46.9. The Labute approximate surface area is 212 Å². The van der Waals surface area contributed by atoms with Gasteiger partial charge in [-0.1, -0.05) is 41.5 Å². The van der Waals surface area contributed by atoms with Crippen LogP contribution >= 0.6 is 25.8 Å². The van der Waals surface area contributed by atoms with Crippen LogP contribution in [-0.2, 0) is 27.1 Å². The van der Waals surface area contributed by atoms with Crippen LogP contribution in [0.15, 0.2) is 0 Å². The van der Waals surface area contributed by atoms with Crippen LogP contribution in [0.25, 0.3) is 0 Å². The Bertz CT molecular complexity index is 235. The van der Waals surface area contributed by atoms with Crippen molar-refractivity contribution in [2.75, 3.05) is 39.6 Å². The Morgan fingerprint density at radius 1 is 0.387 bits per heavy atom. The fraction of sp³-hybridized carbons (Fsp3) is 1.00. The molecule has 0 aliphatic carbocycles. The van der Waals surface area contributed by atoms with E-state index in [1.807, 2.05) is 41.5 Å². The Balaban J connectivity index is -0.000000174. The van der Waals surface area contributed by atoms with Crippen molar-refractivity contribution in [1.29, 1.82) is 0 Å². The van der Waals surface area contributed by atoms with Crippen molar-refractivity contribution >= 4 is 51.7 Å². The van der Waals surface area contributed by atoms with Gasteiger partial charge in [0.1, 0.15) is 0 Å². The summed E-state index contributed by atoms with van der Waals surface area (Å²) in [4.78, 5) is 32.0. The Hall–Kier alpha value is 1.80. The van der Waals surface area contributed by atoms with Gasteiger partial charge in [-0.3, -0.25) is 0 Å². The topological polar surface area (TPSA) is 125 Å². The maximum absolute atomic E-state index is 10.7. The van der Waals surface area contributed by atoms with E-state index in [4.69, 9.17) is 27.1 Å². The van der Waals surface area contributed by atoms with Crippen LogP contribution in [0, 0.1) is 0 Å². The molecule has 0 unspecified atom stereocenters. The summed E-state index contributed by atoms with van der Waals surface area (Å²) in [5.41, 5.74) is 0. The molecule has 186 valence electrons. The zero-order chi connectivity index (χ0) is 23.5. The maximum atomic E-state index is 10.7. The van der Waals surface area contributed by atoms with E-state index >= 15 is 0 Å². The van der Waals surface area contributed by atoms with Gasteiger partial charge in [0, 0.05) is 0 Å². The maximum Gasteiger partial charge on any atom is 3.00 e. The number of rotatable bonds is 18. The van der Waals surface area contributed by atoms with Crippen LogP contribution in [0.2, 0.25) is 0 Å². The fourth-order valence-electron chi connectivity index (χ4n) is 1.11. The van der Waals surface area contributed by atoms with E-state index < -0.39 is 25.8 Å². The molecule has 13 heteroatoms. The molecule has 0 fully saturated rings. The first-order valence-electron chi connectivity index (χ1n) is 10.6. The monoisotopic (exact) mass is 610 g/mol. The van der Waals surface area contributed by atoms with Crippen LogP contribution in [0.3, 0.4) is 0 Å². The summed E-state index contributed by atoms with van der Waals surface area (Å²) in [6.07, 6.45) is 5.23. The van der Waals surface area contributed by atoms with E-state index in [1.54, 1.807) is 0 Å². The first kappa shape index (κ1) is 40.0. The molecule has 0 radical (unpaired) electrons. The molecule has 0 rings (SSSR count). The van der Waals surface area contributed by atoms with Crippen LogP contribution in [0.5, 0.6) is 0 Å². The van der Waals surface area contributed by atoms with Gasteiger partial charge in [0.15, 0.2) is 0 Å². The average molecular weight is 610 g/mol. The van der Waals surface area contributed by atoms with Crippen molar-refractivity contribution in [2.24, 2.45) is 0 Å². The zero-order valence-corrected chi connectivity index (χ0v) is 26.1. The van der Waals surface area contributed by atoms with Crippen molar-refractivity contribution in [3.05, 3.63) is 0 Å².